The third kappa shape index (κ3) is 4.05. The lowest BCUT2D eigenvalue weighted by Crippen LogP contribution is -2.03. The van der Waals surface area contributed by atoms with Crippen molar-refractivity contribution in [3.63, 3.8) is 0 Å². The zero-order valence-electron chi connectivity index (χ0n) is 11.0. The van der Waals surface area contributed by atoms with Crippen LogP contribution in [0.1, 0.15) is 17.5 Å². The minimum Gasteiger partial charge on any atom is -0.486 e. The van der Waals surface area contributed by atoms with E-state index in [0.717, 1.165) is 12.1 Å². The van der Waals surface area contributed by atoms with Crippen molar-refractivity contribution < 1.29 is 22.7 Å². The average molecular weight is 295 g/mol. The van der Waals surface area contributed by atoms with Crippen LogP contribution in [0, 0.1) is 17.6 Å². The van der Waals surface area contributed by atoms with Gasteiger partial charge >= 0.3 is 0 Å². The largest absolute Gasteiger partial charge is 0.486 e. The molecule has 0 radical (unpaired) electrons. The average Bonchev–Trinajstić information content (AvgIpc) is 2.44. The summed E-state index contributed by atoms with van der Waals surface area (Å²) < 4.78 is 45.2. The van der Waals surface area contributed by atoms with Gasteiger partial charge in [-0.15, -0.1) is 0 Å². The quantitative estimate of drug-likeness (QED) is 0.607. The van der Waals surface area contributed by atoms with Crippen molar-refractivity contribution in [2.75, 3.05) is 0 Å². The first-order chi connectivity index (χ1) is 10.1. The molecular formula is C15H12F3NO2. The molecule has 2 aromatic rings. The summed E-state index contributed by atoms with van der Waals surface area (Å²) in [7, 11) is 0. The summed E-state index contributed by atoms with van der Waals surface area (Å²) in [5, 5.41) is 0. The number of rotatable bonds is 6. The van der Waals surface area contributed by atoms with Gasteiger partial charge in [0.25, 0.3) is 0 Å². The molecule has 0 spiro atoms. The number of halogens is 3. The number of ether oxygens (including phenoxy) is 1. The van der Waals surface area contributed by atoms with E-state index in [2.05, 4.69) is 4.98 Å². The predicted octanol–water partition coefficient (Wildman–Crippen LogP) is 3.21. The van der Waals surface area contributed by atoms with E-state index in [1.165, 1.54) is 12.3 Å². The summed E-state index contributed by atoms with van der Waals surface area (Å²) in [6.45, 7) is -0.0872. The lowest BCUT2D eigenvalue weighted by molar-refractivity contribution is -0.107. The third-order valence-electron chi connectivity index (χ3n) is 2.79. The number of pyridine rings is 1. The fourth-order valence-electron chi connectivity index (χ4n) is 1.86. The maximum Gasteiger partial charge on any atom is 0.213 e. The molecule has 0 aliphatic rings. The second-order valence-electron chi connectivity index (χ2n) is 4.36. The Morgan fingerprint density at radius 2 is 2.00 bits per heavy atom. The number of nitrogens with zero attached hydrogens (tertiary/aromatic N) is 1. The minimum atomic E-state index is -0.856. The van der Waals surface area contributed by atoms with Crippen LogP contribution in [0.2, 0.25) is 0 Å². The summed E-state index contributed by atoms with van der Waals surface area (Å²) in [4.78, 5) is 13.8. The minimum absolute atomic E-state index is 0.0872. The van der Waals surface area contributed by atoms with Gasteiger partial charge in [-0.05, 0) is 30.2 Å². The number of aromatic nitrogens is 1. The third-order valence-corrected chi connectivity index (χ3v) is 2.79. The first kappa shape index (κ1) is 15.0. The number of benzene rings is 1. The van der Waals surface area contributed by atoms with Gasteiger partial charge in [-0.3, -0.25) is 0 Å². The topological polar surface area (TPSA) is 39.2 Å². The molecule has 3 nitrogen and oxygen atoms in total. The number of carbonyl (C=O) groups is 1. The zero-order valence-corrected chi connectivity index (χ0v) is 11.0. The molecule has 0 bridgehead atoms. The Morgan fingerprint density at radius 1 is 1.19 bits per heavy atom. The van der Waals surface area contributed by atoms with Crippen molar-refractivity contribution >= 4 is 6.29 Å². The van der Waals surface area contributed by atoms with Gasteiger partial charge in [0.15, 0.2) is 11.6 Å². The van der Waals surface area contributed by atoms with E-state index in [0.29, 0.717) is 17.9 Å². The van der Waals surface area contributed by atoms with Crippen molar-refractivity contribution in [1.29, 1.82) is 0 Å². The molecule has 0 atom stereocenters. The molecule has 0 saturated heterocycles. The second-order valence-corrected chi connectivity index (χ2v) is 4.36. The highest BCUT2D eigenvalue weighted by Crippen LogP contribution is 2.26. The highest BCUT2D eigenvalue weighted by atomic mass is 19.1. The van der Waals surface area contributed by atoms with Crippen LogP contribution >= 0.6 is 0 Å². The normalized spacial score (nSPS) is 10.4. The molecule has 110 valence electrons. The molecule has 0 fully saturated rings. The van der Waals surface area contributed by atoms with E-state index in [-0.39, 0.29) is 30.8 Å². The summed E-state index contributed by atoms with van der Waals surface area (Å²) >= 11 is 0. The van der Waals surface area contributed by atoms with Crippen LogP contribution in [0.5, 0.6) is 5.75 Å². The first-order valence-corrected chi connectivity index (χ1v) is 6.25. The van der Waals surface area contributed by atoms with E-state index in [9.17, 15) is 18.0 Å². The number of carbonyl (C=O) groups excluding carboxylic acids is 1. The van der Waals surface area contributed by atoms with Crippen molar-refractivity contribution in [2.24, 2.45) is 0 Å². The van der Waals surface area contributed by atoms with E-state index >= 15 is 0 Å². The van der Waals surface area contributed by atoms with Crippen molar-refractivity contribution in [1.82, 2.24) is 4.98 Å². The van der Waals surface area contributed by atoms with E-state index in [1.807, 2.05) is 0 Å². The molecule has 1 aromatic heterocycles. The van der Waals surface area contributed by atoms with E-state index < -0.39 is 17.6 Å². The first-order valence-electron chi connectivity index (χ1n) is 6.25. The maximum absolute atomic E-state index is 13.8. The fourth-order valence-corrected chi connectivity index (χ4v) is 1.86. The summed E-state index contributed by atoms with van der Waals surface area (Å²) in [5.41, 5.74) is 0.724. The molecule has 0 N–H and O–H groups in total. The van der Waals surface area contributed by atoms with Crippen molar-refractivity contribution in [2.45, 2.75) is 19.4 Å². The maximum atomic E-state index is 13.8. The summed E-state index contributed by atoms with van der Waals surface area (Å²) in [6.07, 6.45) is 2.22. The Hall–Kier alpha value is -2.37. The molecule has 0 unspecified atom stereocenters. The van der Waals surface area contributed by atoms with Crippen LogP contribution < -0.4 is 4.74 Å². The van der Waals surface area contributed by atoms with Crippen LogP contribution in [-0.4, -0.2) is 11.3 Å². The van der Waals surface area contributed by atoms with Crippen LogP contribution in [0.25, 0.3) is 0 Å². The van der Waals surface area contributed by atoms with Gasteiger partial charge in [0.2, 0.25) is 5.95 Å². The lowest BCUT2D eigenvalue weighted by atomic mass is 10.1. The number of hydrogen-bond acceptors (Lipinski definition) is 3. The lowest BCUT2D eigenvalue weighted by Gasteiger charge is -2.12. The Balaban J connectivity index is 2.19. The Kier molecular flexibility index (Phi) is 4.92. The molecule has 1 aromatic carbocycles. The molecule has 21 heavy (non-hydrogen) atoms. The van der Waals surface area contributed by atoms with Crippen molar-refractivity contribution in [3.05, 3.63) is 59.2 Å². The molecule has 0 saturated carbocycles. The zero-order chi connectivity index (χ0) is 15.2. The second kappa shape index (κ2) is 6.88. The summed E-state index contributed by atoms with van der Waals surface area (Å²) in [6, 6.07) is 4.50. The highest BCUT2D eigenvalue weighted by Gasteiger charge is 2.13. The smallest absolute Gasteiger partial charge is 0.213 e. The highest BCUT2D eigenvalue weighted by molar-refractivity contribution is 5.51. The van der Waals surface area contributed by atoms with Gasteiger partial charge in [0, 0.05) is 24.2 Å². The molecule has 0 aliphatic heterocycles. The van der Waals surface area contributed by atoms with Gasteiger partial charge in [0.1, 0.15) is 18.7 Å². The molecule has 0 aliphatic carbocycles. The van der Waals surface area contributed by atoms with Crippen LogP contribution in [0.3, 0.4) is 0 Å². The monoisotopic (exact) mass is 295 g/mol. The Morgan fingerprint density at radius 3 is 2.71 bits per heavy atom. The number of hydrogen-bond donors (Lipinski definition) is 0. The fraction of sp³-hybridized carbons (Fsp3) is 0.200. The van der Waals surface area contributed by atoms with E-state index in [1.54, 1.807) is 0 Å². The molecule has 1 heterocycles. The SMILES string of the molecule is O=CCCc1cc(F)cc(F)c1OCc1ccnc(F)c1. The Labute approximate surface area is 119 Å². The van der Waals surface area contributed by atoms with Crippen LogP contribution in [-0.2, 0) is 17.8 Å². The molecule has 0 amide bonds. The molecular weight excluding hydrogens is 283 g/mol. The number of aryl methyl sites for hydroxylation is 1. The number of aldehydes is 1. The van der Waals surface area contributed by atoms with E-state index in [4.69, 9.17) is 4.74 Å². The van der Waals surface area contributed by atoms with Gasteiger partial charge < -0.3 is 9.53 Å². The van der Waals surface area contributed by atoms with Crippen molar-refractivity contribution in [3.8, 4) is 5.75 Å². The summed E-state index contributed by atoms with van der Waals surface area (Å²) in [5.74, 6) is -2.39. The van der Waals surface area contributed by atoms with Crippen LogP contribution in [0.4, 0.5) is 13.2 Å². The van der Waals surface area contributed by atoms with Gasteiger partial charge in [-0.2, -0.15) is 4.39 Å². The van der Waals surface area contributed by atoms with Gasteiger partial charge in [-0.1, -0.05) is 0 Å². The molecule has 2 rings (SSSR count). The Bertz CT molecular complexity index is 647. The molecule has 6 heteroatoms. The van der Waals surface area contributed by atoms with Gasteiger partial charge in [-0.25, -0.2) is 13.8 Å². The van der Waals surface area contributed by atoms with Crippen LogP contribution in [0.15, 0.2) is 30.5 Å². The van der Waals surface area contributed by atoms with Gasteiger partial charge in [0.05, 0.1) is 0 Å². The standard InChI is InChI=1S/C15H12F3NO2/c16-12-7-11(2-1-5-20)15(13(17)8-12)21-9-10-3-4-19-14(18)6-10/h3-8H,1-2,9H2. The predicted molar refractivity (Wildman–Crippen MR) is 69.3 cm³/mol.